The third kappa shape index (κ3) is 3.42. The van der Waals surface area contributed by atoms with Gasteiger partial charge in [-0.25, -0.2) is 9.59 Å². The van der Waals surface area contributed by atoms with E-state index in [9.17, 15) is 9.59 Å². The van der Waals surface area contributed by atoms with Crippen molar-refractivity contribution in [1.29, 1.82) is 0 Å². The topological polar surface area (TPSA) is 76.1 Å². The zero-order valence-electron chi connectivity index (χ0n) is 10.2. The fourth-order valence-electron chi connectivity index (χ4n) is 1.70. The second-order valence-electron chi connectivity index (χ2n) is 4.22. The SMILES string of the molecule is C=CC(CC1CO1)OC(=O)c1ccccc1C(=O)O. The number of esters is 1. The molecule has 0 aromatic heterocycles. The van der Waals surface area contributed by atoms with Crippen molar-refractivity contribution < 1.29 is 24.2 Å². The number of carbonyl (C=O) groups excluding carboxylic acids is 1. The summed E-state index contributed by atoms with van der Waals surface area (Å²) in [5.41, 5.74) is -0.0310. The molecule has 0 radical (unpaired) electrons. The zero-order valence-corrected chi connectivity index (χ0v) is 10.2. The molecule has 1 aromatic rings. The van der Waals surface area contributed by atoms with Gasteiger partial charge in [0.1, 0.15) is 6.10 Å². The standard InChI is InChI=1S/C14H14O5/c1-2-9(7-10-8-18-10)19-14(17)12-6-4-3-5-11(12)13(15)16/h2-6,9-10H,1,7-8H2,(H,15,16). The molecule has 0 spiro atoms. The Labute approximate surface area is 110 Å². The maximum absolute atomic E-state index is 12.0. The molecule has 1 heterocycles. The molecular formula is C14H14O5. The summed E-state index contributed by atoms with van der Waals surface area (Å²) in [6.45, 7) is 4.26. The van der Waals surface area contributed by atoms with Gasteiger partial charge in [0.25, 0.3) is 0 Å². The predicted molar refractivity (Wildman–Crippen MR) is 67.2 cm³/mol. The maximum Gasteiger partial charge on any atom is 0.339 e. The first kappa shape index (κ1) is 13.3. The van der Waals surface area contributed by atoms with E-state index in [2.05, 4.69) is 6.58 Å². The fraction of sp³-hybridized carbons (Fsp3) is 0.286. The van der Waals surface area contributed by atoms with Crippen molar-refractivity contribution in [2.75, 3.05) is 6.61 Å². The van der Waals surface area contributed by atoms with Crippen LogP contribution in [0.5, 0.6) is 0 Å². The van der Waals surface area contributed by atoms with Gasteiger partial charge in [0.15, 0.2) is 0 Å². The Kier molecular flexibility index (Phi) is 3.97. The largest absolute Gasteiger partial charge is 0.478 e. The monoisotopic (exact) mass is 262 g/mol. The quantitative estimate of drug-likeness (QED) is 0.481. The normalized spacial score (nSPS) is 18.4. The van der Waals surface area contributed by atoms with Gasteiger partial charge in [-0.05, 0) is 12.1 Å². The number of aromatic carboxylic acids is 1. The molecule has 5 heteroatoms. The molecule has 1 fully saturated rings. The van der Waals surface area contributed by atoms with E-state index in [1.54, 1.807) is 12.1 Å². The lowest BCUT2D eigenvalue weighted by atomic mass is 10.1. The zero-order chi connectivity index (χ0) is 13.8. The first-order valence-electron chi connectivity index (χ1n) is 5.89. The summed E-state index contributed by atoms with van der Waals surface area (Å²) in [5, 5.41) is 9.01. The number of carbonyl (C=O) groups is 2. The van der Waals surface area contributed by atoms with Crippen LogP contribution in [-0.2, 0) is 9.47 Å². The Morgan fingerprint density at radius 2 is 2.11 bits per heavy atom. The third-order valence-corrected chi connectivity index (χ3v) is 2.80. The number of rotatable bonds is 6. The Balaban J connectivity index is 2.09. The highest BCUT2D eigenvalue weighted by Gasteiger charge is 2.28. The Hall–Kier alpha value is -2.14. The summed E-state index contributed by atoms with van der Waals surface area (Å²) in [4.78, 5) is 23.0. The van der Waals surface area contributed by atoms with Crippen LogP contribution < -0.4 is 0 Å². The average molecular weight is 262 g/mol. The van der Waals surface area contributed by atoms with Gasteiger partial charge in [0.05, 0.1) is 23.8 Å². The molecule has 1 aliphatic rings. The van der Waals surface area contributed by atoms with Crippen molar-refractivity contribution in [3.05, 3.63) is 48.0 Å². The van der Waals surface area contributed by atoms with Crippen LogP contribution in [0.25, 0.3) is 0 Å². The molecule has 2 unspecified atom stereocenters. The Morgan fingerprint density at radius 3 is 2.63 bits per heavy atom. The number of hydrogen-bond acceptors (Lipinski definition) is 4. The molecule has 0 bridgehead atoms. The van der Waals surface area contributed by atoms with Gasteiger partial charge in [-0.15, -0.1) is 0 Å². The van der Waals surface area contributed by atoms with Crippen molar-refractivity contribution in [3.8, 4) is 0 Å². The van der Waals surface area contributed by atoms with Crippen molar-refractivity contribution in [1.82, 2.24) is 0 Å². The lowest BCUT2D eigenvalue weighted by Crippen LogP contribution is -2.20. The molecule has 5 nitrogen and oxygen atoms in total. The Bertz CT molecular complexity index is 504. The molecule has 1 saturated heterocycles. The first-order chi connectivity index (χ1) is 9.11. The molecule has 1 aromatic carbocycles. The number of benzene rings is 1. The molecule has 2 atom stereocenters. The van der Waals surface area contributed by atoms with Crippen LogP contribution in [0.4, 0.5) is 0 Å². The van der Waals surface area contributed by atoms with Crippen molar-refractivity contribution in [3.63, 3.8) is 0 Å². The number of epoxide rings is 1. The van der Waals surface area contributed by atoms with E-state index in [-0.39, 0.29) is 17.2 Å². The summed E-state index contributed by atoms with van der Waals surface area (Å²) in [5.74, 6) is -1.82. The fourth-order valence-corrected chi connectivity index (χ4v) is 1.70. The van der Waals surface area contributed by atoms with Crippen LogP contribution in [0.3, 0.4) is 0 Å². The van der Waals surface area contributed by atoms with E-state index >= 15 is 0 Å². The Morgan fingerprint density at radius 1 is 1.47 bits per heavy atom. The van der Waals surface area contributed by atoms with Crippen molar-refractivity contribution in [2.24, 2.45) is 0 Å². The van der Waals surface area contributed by atoms with Gasteiger partial charge in [0.2, 0.25) is 0 Å². The van der Waals surface area contributed by atoms with Gasteiger partial charge in [0, 0.05) is 6.42 Å². The van der Waals surface area contributed by atoms with E-state index in [0.717, 1.165) is 0 Å². The summed E-state index contributed by atoms with van der Waals surface area (Å²) in [6, 6.07) is 5.95. The minimum Gasteiger partial charge on any atom is -0.478 e. The van der Waals surface area contributed by atoms with E-state index in [0.29, 0.717) is 13.0 Å². The van der Waals surface area contributed by atoms with Gasteiger partial charge in [-0.1, -0.05) is 24.8 Å². The molecule has 0 saturated carbocycles. The first-order valence-corrected chi connectivity index (χ1v) is 5.89. The molecular weight excluding hydrogens is 248 g/mol. The summed E-state index contributed by atoms with van der Waals surface area (Å²) >= 11 is 0. The van der Waals surface area contributed by atoms with Crippen LogP contribution >= 0.6 is 0 Å². The van der Waals surface area contributed by atoms with Crippen LogP contribution in [-0.4, -0.2) is 35.9 Å². The van der Waals surface area contributed by atoms with E-state index in [1.807, 2.05) is 0 Å². The summed E-state index contributed by atoms with van der Waals surface area (Å²) < 4.78 is 10.3. The van der Waals surface area contributed by atoms with Crippen molar-refractivity contribution >= 4 is 11.9 Å². The highest BCUT2D eigenvalue weighted by molar-refractivity contribution is 6.02. The molecule has 0 amide bonds. The number of carboxylic acids is 1. The van der Waals surface area contributed by atoms with Gasteiger partial charge >= 0.3 is 11.9 Å². The van der Waals surface area contributed by atoms with Crippen LogP contribution in [0.1, 0.15) is 27.1 Å². The smallest absolute Gasteiger partial charge is 0.339 e. The van der Waals surface area contributed by atoms with E-state index < -0.39 is 18.0 Å². The van der Waals surface area contributed by atoms with Crippen molar-refractivity contribution in [2.45, 2.75) is 18.6 Å². The highest BCUT2D eigenvalue weighted by Crippen LogP contribution is 2.19. The summed E-state index contributed by atoms with van der Waals surface area (Å²) in [6.07, 6.45) is 1.69. The molecule has 2 rings (SSSR count). The lowest BCUT2D eigenvalue weighted by molar-refractivity contribution is 0.0362. The van der Waals surface area contributed by atoms with E-state index in [4.69, 9.17) is 14.6 Å². The van der Waals surface area contributed by atoms with Crippen LogP contribution in [0, 0.1) is 0 Å². The molecule has 1 N–H and O–H groups in total. The minimum absolute atomic E-state index is 0.0403. The molecule has 19 heavy (non-hydrogen) atoms. The van der Waals surface area contributed by atoms with Gasteiger partial charge < -0.3 is 14.6 Å². The molecule has 0 aliphatic carbocycles. The van der Waals surface area contributed by atoms with Crippen LogP contribution in [0.15, 0.2) is 36.9 Å². The predicted octanol–water partition coefficient (Wildman–Crippen LogP) is 1.89. The average Bonchev–Trinajstić information content (AvgIpc) is 3.21. The highest BCUT2D eigenvalue weighted by atomic mass is 16.6. The number of hydrogen-bond donors (Lipinski definition) is 1. The van der Waals surface area contributed by atoms with Gasteiger partial charge in [-0.3, -0.25) is 0 Å². The van der Waals surface area contributed by atoms with E-state index in [1.165, 1.54) is 18.2 Å². The maximum atomic E-state index is 12.0. The second-order valence-corrected chi connectivity index (χ2v) is 4.22. The van der Waals surface area contributed by atoms with Gasteiger partial charge in [-0.2, -0.15) is 0 Å². The number of carboxylic acid groups (broad SMARTS) is 1. The lowest BCUT2D eigenvalue weighted by Gasteiger charge is -2.13. The molecule has 1 aliphatic heterocycles. The third-order valence-electron chi connectivity index (χ3n) is 2.80. The summed E-state index contributed by atoms with van der Waals surface area (Å²) in [7, 11) is 0. The van der Waals surface area contributed by atoms with Crippen LogP contribution in [0.2, 0.25) is 0 Å². The minimum atomic E-state index is -1.16. The number of ether oxygens (including phenoxy) is 2. The second kappa shape index (κ2) is 5.67. The molecule has 100 valence electrons.